The second kappa shape index (κ2) is 8.31. The minimum Gasteiger partial charge on any atom is -0.502 e. The van der Waals surface area contributed by atoms with Gasteiger partial charge in [-0.2, -0.15) is 0 Å². The Kier molecular flexibility index (Phi) is 5.84. The van der Waals surface area contributed by atoms with E-state index in [1.165, 1.54) is 0 Å². The van der Waals surface area contributed by atoms with Crippen LogP contribution in [-0.4, -0.2) is 28.9 Å². The summed E-state index contributed by atoms with van der Waals surface area (Å²) in [6.07, 6.45) is 1.27. The summed E-state index contributed by atoms with van der Waals surface area (Å²) in [5.74, 6) is -1.29. The van der Waals surface area contributed by atoms with Gasteiger partial charge < -0.3 is 24.1 Å². The lowest BCUT2D eigenvalue weighted by Crippen LogP contribution is -2.26. The van der Waals surface area contributed by atoms with E-state index in [0.29, 0.717) is 11.3 Å². The summed E-state index contributed by atoms with van der Waals surface area (Å²) >= 11 is 0. The van der Waals surface area contributed by atoms with Crippen molar-refractivity contribution in [1.29, 1.82) is 0 Å². The molecule has 28 heavy (non-hydrogen) atoms. The first kappa shape index (κ1) is 19.7. The van der Waals surface area contributed by atoms with Crippen LogP contribution in [0.25, 0.3) is 6.08 Å². The molecule has 0 radical (unpaired) electrons. The molecule has 1 aliphatic heterocycles. The molecule has 3 rings (SSSR count). The number of esters is 1. The van der Waals surface area contributed by atoms with Gasteiger partial charge in [0.1, 0.15) is 24.2 Å². The maximum Gasteiger partial charge on any atom is 0.306 e. The van der Waals surface area contributed by atoms with E-state index in [4.69, 9.17) is 13.9 Å². The molecule has 1 aromatic heterocycles. The maximum atomic E-state index is 12.2. The molecule has 2 aromatic rings. The predicted molar refractivity (Wildman–Crippen MR) is 101 cm³/mol. The van der Waals surface area contributed by atoms with Crippen molar-refractivity contribution in [3.63, 3.8) is 0 Å². The van der Waals surface area contributed by atoms with E-state index >= 15 is 0 Å². The van der Waals surface area contributed by atoms with E-state index in [1.54, 1.807) is 6.92 Å². The minimum atomic E-state index is -0.790. The molecule has 0 spiro atoms. The van der Waals surface area contributed by atoms with Crippen molar-refractivity contribution in [2.75, 3.05) is 6.61 Å². The Morgan fingerprint density at radius 1 is 1.32 bits per heavy atom. The number of aliphatic hydroxyl groups is 1. The Morgan fingerprint density at radius 2 is 2.07 bits per heavy atom. The number of ether oxygens (including phenoxy) is 2. The fourth-order valence-electron chi connectivity index (χ4n) is 3.26. The number of hydrogen-bond acceptors (Lipinski definition) is 7. The van der Waals surface area contributed by atoms with Gasteiger partial charge in [-0.3, -0.25) is 9.59 Å². The molecule has 0 amide bonds. The zero-order valence-electron chi connectivity index (χ0n) is 15.7. The second-order valence-corrected chi connectivity index (χ2v) is 6.45. The van der Waals surface area contributed by atoms with Gasteiger partial charge >= 0.3 is 5.97 Å². The topological polar surface area (TPSA) is 106 Å². The molecular weight excluding hydrogens is 364 g/mol. The SMILES string of the molecule is CCOC(=O)CC(C1=Cc2ccccc2OC1C)c1oc(CO)cc(=O)c1O. The standard InChI is InChI=1S/C21H22O7/c1-3-26-19(24)10-16(21-20(25)17(23)9-14(11-22)28-21)15-8-13-6-4-5-7-18(13)27-12(15)2/h4-9,12,16,22,25H,3,10-11H2,1-2H3. The molecule has 0 fully saturated rings. The van der Waals surface area contributed by atoms with Gasteiger partial charge in [0, 0.05) is 11.6 Å². The predicted octanol–water partition coefficient (Wildman–Crippen LogP) is 2.74. The third-order valence-corrected chi connectivity index (χ3v) is 4.57. The van der Waals surface area contributed by atoms with E-state index in [-0.39, 0.29) is 24.5 Å². The number of aliphatic hydroxyl groups excluding tert-OH is 1. The number of para-hydroxylation sites is 1. The monoisotopic (exact) mass is 386 g/mol. The summed E-state index contributed by atoms with van der Waals surface area (Å²) < 4.78 is 16.6. The van der Waals surface area contributed by atoms with Gasteiger partial charge in [-0.1, -0.05) is 18.2 Å². The van der Waals surface area contributed by atoms with Crippen LogP contribution >= 0.6 is 0 Å². The molecule has 0 saturated carbocycles. The third kappa shape index (κ3) is 3.94. The molecule has 148 valence electrons. The summed E-state index contributed by atoms with van der Waals surface area (Å²) in [6.45, 7) is 3.19. The lowest BCUT2D eigenvalue weighted by Gasteiger charge is -2.29. The number of carbonyl (C=O) groups is 1. The third-order valence-electron chi connectivity index (χ3n) is 4.57. The number of hydrogen-bond donors (Lipinski definition) is 2. The Balaban J connectivity index is 2.13. The van der Waals surface area contributed by atoms with Crippen LogP contribution in [0.5, 0.6) is 11.5 Å². The molecule has 2 heterocycles. The lowest BCUT2D eigenvalue weighted by molar-refractivity contribution is -0.143. The maximum absolute atomic E-state index is 12.2. The van der Waals surface area contributed by atoms with Crippen molar-refractivity contribution in [2.24, 2.45) is 0 Å². The molecule has 7 heteroatoms. The van der Waals surface area contributed by atoms with Crippen LogP contribution in [0, 0.1) is 0 Å². The van der Waals surface area contributed by atoms with Gasteiger partial charge in [0.05, 0.1) is 18.9 Å². The highest BCUT2D eigenvalue weighted by Crippen LogP contribution is 2.40. The molecule has 2 N–H and O–H groups in total. The van der Waals surface area contributed by atoms with Crippen LogP contribution in [0.2, 0.25) is 0 Å². The molecule has 1 aliphatic rings. The van der Waals surface area contributed by atoms with E-state index < -0.39 is 35.8 Å². The summed E-state index contributed by atoms with van der Waals surface area (Å²) in [7, 11) is 0. The largest absolute Gasteiger partial charge is 0.502 e. The van der Waals surface area contributed by atoms with Gasteiger partial charge in [-0.15, -0.1) is 0 Å². The normalized spacial score (nSPS) is 16.5. The zero-order chi connectivity index (χ0) is 20.3. The van der Waals surface area contributed by atoms with Gasteiger partial charge in [0.2, 0.25) is 11.2 Å². The first-order valence-corrected chi connectivity index (χ1v) is 9.04. The Hall–Kier alpha value is -3.06. The molecule has 0 saturated heterocycles. The fourth-order valence-corrected chi connectivity index (χ4v) is 3.26. The van der Waals surface area contributed by atoms with Crippen LogP contribution in [0.1, 0.15) is 43.3 Å². The summed E-state index contributed by atoms with van der Waals surface area (Å²) in [6, 6.07) is 8.43. The number of carbonyl (C=O) groups excluding carboxylic acids is 1. The van der Waals surface area contributed by atoms with E-state index in [2.05, 4.69) is 0 Å². The van der Waals surface area contributed by atoms with Gasteiger partial charge in [-0.05, 0) is 31.6 Å². The number of rotatable bonds is 6. The van der Waals surface area contributed by atoms with Crippen molar-refractivity contribution >= 4 is 12.0 Å². The van der Waals surface area contributed by atoms with Crippen molar-refractivity contribution in [3.8, 4) is 11.5 Å². The van der Waals surface area contributed by atoms with Gasteiger partial charge in [-0.25, -0.2) is 0 Å². The highest BCUT2D eigenvalue weighted by molar-refractivity contribution is 5.73. The number of benzene rings is 1. The smallest absolute Gasteiger partial charge is 0.306 e. The quantitative estimate of drug-likeness (QED) is 0.735. The molecule has 0 aliphatic carbocycles. The Labute approximate surface area is 161 Å². The van der Waals surface area contributed by atoms with Crippen LogP contribution in [0.15, 0.2) is 45.1 Å². The first-order chi connectivity index (χ1) is 13.4. The Bertz CT molecular complexity index is 957. The lowest BCUT2D eigenvalue weighted by atomic mass is 9.86. The molecule has 7 nitrogen and oxygen atoms in total. The first-order valence-electron chi connectivity index (χ1n) is 9.04. The van der Waals surface area contributed by atoms with Gasteiger partial charge in [0.25, 0.3) is 0 Å². The van der Waals surface area contributed by atoms with Crippen molar-refractivity contribution < 1.29 is 28.9 Å². The molecular formula is C21H22O7. The highest BCUT2D eigenvalue weighted by Gasteiger charge is 2.33. The molecule has 2 atom stereocenters. The van der Waals surface area contributed by atoms with Crippen LogP contribution in [0.3, 0.4) is 0 Å². The summed E-state index contributed by atoms with van der Waals surface area (Å²) in [5.41, 5.74) is 0.773. The van der Waals surface area contributed by atoms with E-state index in [0.717, 1.165) is 11.6 Å². The number of fused-ring (bicyclic) bond motifs is 1. The molecule has 2 unspecified atom stereocenters. The summed E-state index contributed by atoms with van der Waals surface area (Å²) in [5, 5.41) is 19.7. The van der Waals surface area contributed by atoms with E-state index in [1.807, 2.05) is 37.3 Å². The average Bonchev–Trinajstić information content (AvgIpc) is 2.68. The zero-order valence-corrected chi connectivity index (χ0v) is 15.7. The Morgan fingerprint density at radius 3 is 2.79 bits per heavy atom. The summed E-state index contributed by atoms with van der Waals surface area (Å²) in [4.78, 5) is 24.3. The van der Waals surface area contributed by atoms with Crippen LogP contribution < -0.4 is 10.2 Å². The number of aromatic hydroxyl groups is 1. The van der Waals surface area contributed by atoms with Crippen LogP contribution in [0.4, 0.5) is 0 Å². The van der Waals surface area contributed by atoms with Crippen molar-refractivity contribution in [2.45, 2.75) is 38.9 Å². The van der Waals surface area contributed by atoms with Crippen molar-refractivity contribution in [1.82, 2.24) is 0 Å². The molecule has 0 bridgehead atoms. The van der Waals surface area contributed by atoms with E-state index in [9.17, 15) is 19.8 Å². The van der Waals surface area contributed by atoms with Crippen LogP contribution in [-0.2, 0) is 16.1 Å². The molecule has 1 aromatic carbocycles. The minimum absolute atomic E-state index is 0.00274. The fraction of sp³-hybridized carbons (Fsp3) is 0.333. The second-order valence-electron chi connectivity index (χ2n) is 6.45. The van der Waals surface area contributed by atoms with Gasteiger partial charge in [0.15, 0.2) is 5.76 Å². The average molecular weight is 386 g/mol. The van der Waals surface area contributed by atoms with Crippen molar-refractivity contribution in [3.05, 3.63) is 63.2 Å². The highest BCUT2D eigenvalue weighted by atomic mass is 16.5.